The van der Waals surface area contributed by atoms with Crippen LogP contribution in [0.5, 0.6) is 5.75 Å². The van der Waals surface area contributed by atoms with Crippen LogP contribution in [0, 0.1) is 6.92 Å². The Labute approximate surface area is 245 Å². The molecule has 0 aromatic heterocycles. The number of nitrogens with two attached hydrogens (primary N) is 1. The molecule has 2 atom stereocenters. The van der Waals surface area contributed by atoms with Crippen molar-refractivity contribution in [1.29, 1.82) is 0 Å². The lowest BCUT2D eigenvalue weighted by Gasteiger charge is -2.34. The van der Waals surface area contributed by atoms with E-state index in [1.165, 1.54) is 17.0 Å². The first-order chi connectivity index (χ1) is 19.8. The molecule has 3 aromatic rings. The van der Waals surface area contributed by atoms with Gasteiger partial charge in [0.2, 0.25) is 11.8 Å². The molecule has 42 heavy (non-hydrogen) atoms. The van der Waals surface area contributed by atoms with Gasteiger partial charge in [0.05, 0.1) is 0 Å². The molecule has 10 nitrogen and oxygen atoms in total. The molecule has 3 aromatic carbocycles. The summed E-state index contributed by atoms with van der Waals surface area (Å²) >= 11 is 0. The van der Waals surface area contributed by atoms with Crippen molar-refractivity contribution in [3.8, 4) is 5.75 Å². The van der Waals surface area contributed by atoms with Crippen molar-refractivity contribution in [2.75, 3.05) is 11.9 Å². The number of primary amides is 1. The van der Waals surface area contributed by atoms with Gasteiger partial charge in [-0.3, -0.25) is 14.4 Å². The van der Waals surface area contributed by atoms with E-state index in [2.05, 4.69) is 17.2 Å². The first-order valence-corrected chi connectivity index (χ1v) is 13.6. The van der Waals surface area contributed by atoms with Crippen LogP contribution in [0.3, 0.4) is 0 Å². The molecule has 0 fully saturated rings. The molecule has 5 N–H and O–H groups in total. The maximum absolute atomic E-state index is 14.1. The standard InChI is InChI=1S/C32H38N4O6/c1-6-17-36(30(40)25(14-16-27(33)38)35-31(41)42-32(3,4)5)28(23-12-15-26(37)20(2)18-23)29(39)34-24-13-11-21-9-7-8-10-22(21)19-24/h6-13,15,18-19,25,28,37H,1,14,16-17H2,2-5H3,(H2,33,38)(H,34,39)(H,35,41). The van der Waals surface area contributed by atoms with E-state index in [9.17, 15) is 24.3 Å². The molecule has 10 heteroatoms. The predicted octanol–water partition coefficient (Wildman–Crippen LogP) is 4.71. The van der Waals surface area contributed by atoms with Gasteiger partial charge < -0.3 is 31.1 Å². The van der Waals surface area contributed by atoms with Crippen LogP contribution < -0.4 is 16.4 Å². The zero-order valence-electron chi connectivity index (χ0n) is 24.3. The number of anilines is 1. The highest BCUT2D eigenvalue weighted by atomic mass is 16.6. The number of phenols is 1. The quantitative estimate of drug-likeness (QED) is 0.244. The molecule has 0 heterocycles. The summed E-state index contributed by atoms with van der Waals surface area (Å²) in [5.41, 5.74) is 5.95. The van der Waals surface area contributed by atoms with E-state index in [0.29, 0.717) is 16.8 Å². The number of carbonyl (C=O) groups excluding carboxylic acids is 4. The van der Waals surface area contributed by atoms with Gasteiger partial charge >= 0.3 is 6.09 Å². The maximum atomic E-state index is 14.1. The lowest BCUT2D eigenvalue weighted by molar-refractivity contribution is -0.140. The second-order valence-corrected chi connectivity index (χ2v) is 11.0. The molecular formula is C32H38N4O6. The molecule has 0 saturated heterocycles. The Morgan fingerprint density at radius 3 is 2.36 bits per heavy atom. The molecule has 0 saturated carbocycles. The molecular weight excluding hydrogens is 536 g/mol. The number of phenolic OH excluding ortho intramolecular Hbond substituents is 1. The number of hydrogen-bond donors (Lipinski definition) is 4. The average Bonchev–Trinajstić information content (AvgIpc) is 2.91. The largest absolute Gasteiger partial charge is 0.508 e. The monoisotopic (exact) mass is 574 g/mol. The van der Waals surface area contributed by atoms with Crippen LogP contribution in [0.1, 0.15) is 50.8 Å². The summed E-state index contributed by atoms with van der Waals surface area (Å²) < 4.78 is 5.34. The highest BCUT2D eigenvalue weighted by Crippen LogP contribution is 2.29. The molecule has 4 amide bonds. The van der Waals surface area contributed by atoms with Crippen LogP contribution in [0.2, 0.25) is 0 Å². The van der Waals surface area contributed by atoms with Gasteiger partial charge in [0.25, 0.3) is 5.91 Å². The van der Waals surface area contributed by atoms with Gasteiger partial charge in [-0.1, -0.05) is 42.5 Å². The van der Waals surface area contributed by atoms with E-state index in [0.717, 1.165) is 10.8 Å². The van der Waals surface area contributed by atoms with Crippen molar-refractivity contribution < 1.29 is 29.0 Å². The van der Waals surface area contributed by atoms with Crippen molar-refractivity contribution >= 4 is 40.3 Å². The second kappa shape index (κ2) is 13.7. The summed E-state index contributed by atoms with van der Waals surface area (Å²) in [4.78, 5) is 53.6. The number of rotatable bonds is 11. The molecule has 0 radical (unpaired) electrons. The predicted molar refractivity (Wildman–Crippen MR) is 162 cm³/mol. The Morgan fingerprint density at radius 1 is 1.05 bits per heavy atom. The van der Waals surface area contributed by atoms with Gasteiger partial charge in [0, 0.05) is 18.7 Å². The van der Waals surface area contributed by atoms with Crippen LogP contribution in [0.15, 0.2) is 73.3 Å². The minimum Gasteiger partial charge on any atom is -0.508 e. The van der Waals surface area contributed by atoms with Gasteiger partial charge in [-0.25, -0.2) is 4.79 Å². The number of benzene rings is 3. The average molecular weight is 575 g/mol. The van der Waals surface area contributed by atoms with Gasteiger partial charge in [-0.15, -0.1) is 6.58 Å². The number of fused-ring (bicyclic) bond motifs is 1. The molecule has 0 aliphatic heterocycles. The summed E-state index contributed by atoms with van der Waals surface area (Å²) in [6, 6.07) is 15.3. The van der Waals surface area contributed by atoms with Gasteiger partial charge in [0.1, 0.15) is 23.4 Å². The summed E-state index contributed by atoms with van der Waals surface area (Å²) in [6.07, 6.45) is 0.288. The fourth-order valence-corrected chi connectivity index (χ4v) is 4.45. The molecule has 2 unspecified atom stereocenters. The Bertz CT molecular complexity index is 1480. The molecule has 3 rings (SSSR count). The third-order valence-electron chi connectivity index (χ3n) is 6.39. The number of alkyl carbamates (subject to hydrolysis) is 1. The highest BCUT2D eigenvalue weighted by molar-refractivity contribution is 6.00. The van der Waals surface area contributed by atoms with E-state index in [4.69, 9.17) is 10.5 Å². The molecule has 0 spiro atoms. The van der Waals surface area contributed by atoms with Crippen molar-refractivity contribution in [2.45, 2.75) is 58.2 Å². The normalized spacial score (nSPS) is 12.6. The Kier molecular flexibility index (Phi) is 10.3. The molecule has 0 bridgehead atoms. The number of aryl methyl sites for hydroxylation is 1. The second-order valence-electron chi connectivity index (χ2n) is 11.0. The zero-order valence-corrected chi connectivity index (χ0v) is 24.3. The summed E-state index contributed by atoms with van der Waals surface area (Å²) in [5.74, 6) is -1.81. The zero-order chi connectivity index (χ0) is 31.0. The Morgan fingerprint density at radius 2 is 1.74 bits per heavy atom. The molecule has 222 valence electrons. The van der Waals surface area contributed by atoms with E-state index in [-0.39, 0.29) is 25.1 Å². The van der Waals surface area contributed by atoms with Gasteiger partial charge in [-0.05, 0) is 80.3 Å². The Balaban J connectivity index is 2.04. The van der Waals surface area contributed by atoms with E-state index < -0.39 is 41.5 Å². The summed E-state index contributed by atoms with van der Waals surface area (Å²) in [7, 11) is 0. The number of hydrogen-bond acceptors (Lipinski definition) is 6. The summed E-state index contributed by atoms with van der Waals surface area (Å²) in [6.45, 7) is 10.4. The minimum absolute atomic E-state index is 0.0277. The van der Waals surface area contributed by atoms with Crippen molar-refractivity contribution in [3.63, 3.8) is 0 Å². The van der Waals surface area contributed by atoms with Crippen LogP contribution in [-0.4, -0.2) is 52.0 Å². The van der Waals surface area contributed by atoms with Crippen LogP contribution >= 0.6 is 0 Å². The number of amides is 4. The SMILES string of the molecule is C=CCN(C(=O)C(CCC(N)=O)NC(=O)OC(C)(C)C)C(C(=O)Nc1ccc2ccccc2c1)c1ccc(O)c(C)c1. The van der Waals surface area contributed by atoms with E-state index in [1.54, 1.807) is 45.9 Å². The first-order valence-electron chi connectivity index (χ1n) is 13.6. The third kappa shape index (κ3) is 8.57. The fourth-order valence-electron chi connectivity index (χ4n) is 4.45. The maximum Gasteiger partial charge on any atom is 0.408 e. The number of nitrogens with zero attached hydrogens (tertiary/aromatic N) is 1. The topological polar surface area (TPSA) is 151 Å². The lowest BCUT2D eigenvalue weighted by Crippen LogP contribution is -2.52. The van der Waals surface area contributed by atoms with Gasteiger partial charge in [-0.2, -0.15) is 0 Å². The van der Waals surface area contributed by atoms with E-state index >= 15 is 0 Å². The van der Waals surface area contributed by atoms with Crippen LogP contribution in [0.25, 0.3) is 10.8 Å². The van der Waals surface area contributed by atoms with Gasteiger partial charge in [0.15, 0.2) is 0 Å². The van der Waals surface area contributed by atoms with Crippen molar-refractivity contribution in [3.05, 3.63) is 84.4 Å². The highest BCUT2D eigenvalue weighted by Gasteiger charge is 2.36. The number of ether oxygens (including phenoxy) is 1. The fraction of sp³-hybridized carbons (Fsp3) is 0.312. The van der Waals surface area contributed by atoms with Crippen LogP contribution in [-0.2, 0) is 19.1 Å². The number of aromatic hydroxyl groups is 1. The minimum atomic E-state index is -1.23. The number of carbonyl (C=O) groups is 4. The first kappa shape index (κ1) is 31.7. The Hall–Kier alpha value is -4.86. The smallest absolute Gasteiger partial charge is 0.408 e. The number of nitrogens with one attached hydrogen (secondary N) is 2. The van der Waals surface area contributed by atoms with E-state index in [1.807, 2.05) is 36.4 Å². The van der Waals surface area contributed by atoms with Crippen molar-refractivity contribution in [1.82, 2.24) is 10.2 Å². The molecule has 0 aliphatic carbocycles. The van der Waals surface area contributed by atoms with Crippen molar-refractivity contribution in [2.24, 2.45) is 5.73 Å². The van der Waals surface area contributed by atoms with Crippen LogP contribution in [0.4, 0.5) is 10.5 Å². The summed E-state index contributed by atoms with van der Waals surface area (Å²) in [5, 5.41) is 17.5. The third-order valence-corrected chi connectivity index (χ3v) is 6.39. The lowest BCUT2D eigenvalue weighted by atomic mass is 9.99. The molecule has 0 aliphatic rings.